The van der Waals surface area contributed by atoms with Gasteiger partial charge in [-0.1, -0.05) is 6.42 Å². The van der Waals surface area contributed by atoms with Crippen molar-refractivity contribution in [3.8, 4) is 0 Å². The normalized spacial score (nSPS) is 27.9. The third-order valence-electron chi connectivity index (χ3n) is 5.27. The number of carbonyl (C=O) groups is 2. The number of hydrogen-bond acceptors (Lipinski definition) is 5. The molecule has 1 aliphatic carbocycles. The maximum atomic E-state index is 12.5. The van der Waals surface area contributed by atoms with Crippen LogP contribution in [0.3, 0.4) is 0 Å². The van der Waals surface area contributed by atoms with Crippen molar-refractivity contribution in [2.75, 3.05) is 25.0 Å². The first kappa shape index (κ1) is 21.7. The van der Waals surface area contributed by atoms with Gasteiger partial charge in [-0.25, -0.2) is 0 Å². The number of carbonyl (C=O) groups excluding carboxylic acids is 2. The molecule has 2 aliphatic rings. The number of halogens is 1. The summed E-state index contributed by atoms with van der Waals surface area (Å²) in [5.74, 6) is 0.241. The Hall–Kier alpha value is -1.64. The Balaban J connectivity index is 0.00000261. The highest BCUT2D eigenvalue weighted by Crippen LogP contribution is 2.31. The molecule has 2 heterocycles. The second-order valence-corrected chi connectivity index (χ2v) is 7.51. The molecule has 27 heavy (non-hydrogen) atoms. The van der Waals surface area contributed by atoms with Crippen molar-refractivity contribution >= 4 is 29.9 Å². The zero-order valence-electron chi connectivity index (χ0n) is 16.0. The number of nitrogens with two attached hydrogens (primary N) is 1. The van der Waals surface area contributed by atoms with Crippen molar-refractivity contribution in [2.24, 2.45) is 17.6 Å². The summed E-state index contributed by atoms with van der Waals surface area (Å²) in [4.78, 5) is 26.7. The summed E-state index contributed by atoms with van der Waals surface area (Å²) >= 11 is 0. The van der Waals surface area contributed by atoms with Crippen LogP contribution in [0.1, 0.15) is 33.1 Å². The molecular weight excluding hydrogens is 370 g/mol. The number of nitrogens with one attached hydrogen (secondary N) is 1. The highest BCUT2D eigenvalue weighted by Gasteiger charge is 2.32. The molecule has 0 bridgehead atoms. The number of hydrogen-bond donors (Lipinski definition) is 2. The zero-order valence-corrected chi connectivity index (χ0v) is 16.8. The van der Waals surface area contributed by atoms with E-state index in [1.165, 1.54) is 0 Å². The van der Waals surface area contributed by atoms with Gasteiger partial charge in [-0.2, -0.15) is 5.10 Å². The molecule has 2 fully saturated rings. The van der Waals surface area contributed by atoms with E-state index in [1.54, 1.807) is 17.1 Å². The smallest absolute Gasteiger partial charge is 0.244 e. The summed E-state index contributed by atoms with van der Waals surface area (Å²) in [7, 11) is 0. The van der Waals surface area contributed by atoms with E-state index in [1.807, 2.05) is 18.7 Å². The number of nitrogens with zero attached hydrogens (tertiary/aromatic N) is 3. The van der Waals surface area contributed by atoms with E-state index in [4.69, 9.17) is 10.5 Å². The van der Waals surface area contributed by atoms with Crippen LogP contribution in [0.25, 0.3) is 0 Å². The maximum absolute atomic E-state index is 12.5. The molecule has 3 N–H and O–H groups in total. The molecule has 1 aromatic rings. The van der Waals surface area contributed by atoms with Gasteiger partial charge in [-0.3, -0.25) is 14.3 Å². The lowest BCUT2D eigenvalue weighted by molar-refractivity contribution is -0.144. The van der Waals surface area contributed by atoms with Crippen LogP contribution in [0, 0.1) is 11.8 Å². The molecule has 1 saturated heterocycles. The van der Waals surface area contributed by atoms with Gasteiger partial charge in [0.15, 0.2) is 0 Å². The van der Waals surface area contributed by atoms with E-state index in [-0.39, 0.29) is 54.8 Å². The SMILES string of the molecule is CC1CN(C(=O)Cn2cc(NC(=O)[C@@H]3CCC[C@@H]3CN)cn2)CC(C)O1.Cl. The minimum Gasteiger partial charge on any atom is -0.372 e. The predicted octanol–water partition coefficient (Wildman–Crippen LogP) is 1.25. The third kappa shape index (κ3) is 5.43. The minimum absolute atomic E-state index is 0. The van der Waals surface area contributed by atoms with Crippen LogP contribution in [0.5, 0.6) is 0 Å². The van der Waals surface area contributed by atoms with Gasteiger partial charge in [0.05, 0.1) is 24.1 Å². The van der Waals surface area contributed by atoms with Gasteiger partial charge in [-0.15, -0.1) is 12.4 Å². The summed E-state index contributed by atoms with van der Waals surface area (Å²) in [6.45, 7) is 5.82. The van der Waals surface area contributed by atoms with Gasteiger partial charge in [0, 0.05) is 25.2 Å². The van der Waals surface area contributed by atoms with Gasteiger partial charge < -0.3 is 20.7 Å². The number of morpholine rings is 1. The molecule has 0 radical (unpaired) electrons. The highest BCUT2D eigenvalue weighted by atomic mass is 35.5. The molecule has 8 nitrogen and oxygen atoms in total. The number of ether oxygens (including phenoxy) is 1. The van der Waals surface area contributed by atoms with Crippen LogP contribution in [-0.4, -0.2) is 58.3 Å². The van der Waals surface area contributed by atoms with Gasteiger partial charge in [0.1, 0.15) is 6.54 Å². The van der Waals surface area contributed by atoms with E-state index in [9.17, 15) is 9.59 Å². The quantitative estimate of drug-likeness (QED) is 0.775. The second kappa shape index (κ2) is 9.52. The standard InChI is InChI=1S/C18H29N5O3.ClH/c1-12-8-22(9-13(2)26-12)17(24)11-23-10-15(7-20-23)21-18(25)16-5-3-4-14(16)6-19;/h7,10,12-14,16H,3-6,8-9,11,19H2,1-2H3,(H,21,25);1H/t12?,13?,14-,16-;/m1./s1. The van der Waals surface area contributed by atoms with Gasteiger partial charge in [0.25, 0.3) is 0 Å². The highest BCUT2D eigenvalue weighted by molar-refractivity contribution is 5.92. The van der Waals surface area contributed by atoms with E-state index >= 15 is 0 Å². The maximum Gasteiger partial charge on any atom is 0.244 e. The predicted molar refractivity (Wildman–Crippen MR) is 105 cm³/mol. The number of aromatic nitrogens is 2. The molecule has 2 amide bonds. The molecule has 0 aromatic carbocycles. The Morgan fingerprint density at radius 3 is 2.67 bits per heavy atom. The molecule has 1 aliphatic heterocycles. The van der Waals surface area contributed by atoms with Crippen LogP contribution in [0.4, 0.5) is 5.69 Å². The summed E-state index contributed by atoms with van der Waals surface area (Å²) < 4.78 is 7.23. The molecular formula is C18H30ClN5O3. The monoisotopic (exact) mass is 399 g/mol. The summed E-state index contributed by atoms with van der Waals surface area (Å²) in [6.07, 6.45) is 6.31. The van der Waals surface area contributed by atoms with Crippen molar-refractivity contribution < 1.29 is 14.3 Å². The van der Waals surface area contributed by atoms with Crippen LogP contribution >= 0.6 is 12.4 Å². The Kier molecular flexibility index (Phi) is 7.64. The summed E-state index contributed by atoms with van der Waals surface area (Å²) in [6, 6.07) is 0. The number of rotatable bonds is 5. The van der Waals surface area contributed by atoms with E-state index in [2.05, 4.69) is 10.4 Å². The first-order chi connectivity index (χ1) is 12.5. The lowest BCUT2D eigenvalue weighted by Crippen LogP contribution is -2.49. The van der Waals surface area contributed by atoms with Crippen LogP contribution in [0.2, 0.25) is 0 Å². The molecule has 3 rings (SSSR count). The molecule has 152 valence electrons. The zero-order chi connectivity index (χ0) is 18.7. The Morgan fingerprint density at radius 1 is 1.30 bits per heavy atom. The van der Waals surface area contributed by atoms with Gasteiger partial charge in [0.2, 0.25) is 11.8 Å². The van der Waals surface area contributed by atoms with Crippen LogP contribution < -0.4 is 11.1 Å². The molecule has 1 aromatic heterocycles. The second-order valence-electron chi connectivity index (χ2n) is 7.51. The Bertz CT molecular complexity index is 643. The Morgan fingerprint density at radius 2 is 2.00 bits per heavy atom. The van der Waals surface area contributed by atoms with Gasteiger partial charge in [-0.05, 0) is 39.2 Å². The number of anilines is 1. The van der Waals surface area contributed by atoms with Crippen molar-refractivity contribution in [2.45, 2.75) is 51.9 Å². The fourth-order valence-electron chi connectivity index (χ4n) is 4.03. The average molecular weight is 400 g/mol. The average Bonchev–Trinajstić information content (AvgIpc) is 3.22. The van der Waals surface area contributed by atoms with Crippen molar-refractivity contribution in [3.05, 3.63) is 12.4 Å². The summed E-state index contributed by atoms with van der Waals surface area (Å²) in [5, 5.41) is 7.12. The molecule has 1 saturated carbocycles. The van der Waals surface area contributed by atoms with Gasteiger partial charge >= 0.3 is 0 Å². The number of amides is 2. The topological polar surface area (TPSA) is 102 Å². The lowest BCUT2D eigenvalue weighted by atomic mass is 9.95. The lowest BCUT2D eigenvalue weighted by Gasteiger charge is -2.35. The third-order valence-corrected chi connectivity index (χ3v) is 5.27. The van der Waals surface area contributed by atoms with Crippen molar-refractivity contribution in [1.29, 1.82) is 0 Å². The first-order valence-corrected chi connectivity index (χ1v) is 9.43. The first-order valence-electron chi connectivity index (χ1n) is 9.43. The van der Waals surface area contributed by atoms with Crippen LogP contribution in [0.15, 0.2) is 12.4 Å². The Labute approximate surface area is 166 Å². The minimum atomic E-state index is -0.0266. The molecule has 2 unspecified atom stereocenters. The van der Waals surface area contributed by atoms with E-state index in [0.717, 1.165) is 19.3 Å². The van der Waals surface area contributed by atoms with Crippen molar-refractivity contribution in [3.63, 3.8) is 0 Å². The fraction of sp³-hybridized carbons (Fsp3) is 0.722. The van der Waals surface area contributed by atoms with E-state index in [0.29, 0.717) is 25.3 Å². The molecule has 0 spiro atoms. The van der Waals surface area contributed by atoms with Crippen LogP contribution in [-0.2, 0) is 20.9 Å². The van der Waals surface area contributed by atoms with Crippen molar-refractivity contribution in [1.82, 2.24) is 14.7 Å². The molecule has 4 atom stereocenters. The fourth-order valence-corrected chi connectivity index (χ4v) is 4.03. The largest absolute Gasteiger partial charge is 0.372 e. The summed E-state index contributed by atoms with van der Waals surface area (Å²) in [5.41, 5.74) is 6.38. The molecule has 9 heteroatoms. The van der Waals surface area contributed by atoms with E-state index < -0.39 is 0 Å².